The van der Waals surface area contributed by atoms with E-state index in [1.54, 1.807) is 0 Å². The molecule has 1 amide bonds. The van der Waals surface area contributed by atoms with Crippen LogP contribution in [0.1, 0.15) is 39.5 Å². The highest BCUT2D eigenvalue weighted by Gasteiger charge is 2.45. The number of nitrogens with two attached hydrogens (primary N) is 1. The van der Waals surface area contributed by atoms with Gasteiger partial charge < -0.3 is 11.1 Å². The van der Waals surface area contributed by atoms with Crippen LogP contribution in [0.4, 0.5) is 0 Å². The van der Waals surface area contributed by atoms with Gasteiger partial charge in [-0.25, -0.2) is 4.98 Å². The minimum Gasteiger partial charge on any atom is -0.350 e. The van der Waals surface area contributed by atoms with Gasteiger partial charge in [-0.3, -0.25) is 4.79 Å². The van der Waals surface area contributed by atoms with Gasteiger partial charge in [-0.1, -0.05) is 24.3 Å². The van der Waals surface area contributed by atoms with Crippen LogP contribution in [0.5, 0.6) is 0 Å². The van der Waals surface area contributed by atoms with Crippen molar-refractivity contribution >= 4 is 17.2 Å². The van der Waals surface area contributed by atoms with Crippen LogP contribution in [0.25, 0.3) is 0 Å². The first-order chi connectivity index (χ1) is 10.6. The van der Waals surface area contributed by atoms with E-state index in [4.69, 9.17) is 5.73 Å². The molecule has 2 aromatic rings. The van der Waals surface area contributed by atoms with E-state index >= 15 is 0 Å². The van der Waals surface area contributed by atoms with Crippen molar-refractivity contribution in [2.75, 3.05) is 13.1 Å². The van der Waals surface area contributed by atoms with Crippen LogP contribution < -0.4 is 11.1 Å². The Balaban J connectivity index is 1.64. The van der Waals surface area contributed by atoms with Crippen LogP contribution in [0.3, 0.4) is 0 Å². The molecule has 0 radical (unpaired) electrons. The van der Waals surface area contributed by atoms with Gasteiger partial charge in [0.25, 0.3) is 5.91 Å². The smallest absolute Gasteiger partial charge is 0.270 e. The molecule has 0 aliphatic heterocycles. The van der Waals surface area contributed by atoms with Crippen LogP contribution >= 0.6 is 11.3 Å². The molecule has 3 rings (SSSR count). The summed E-state index contributed by atoms with van der Waals surface area (Å²) in [5.74, 6) is -0.0839. The standard InChI is InChI=1S/C17H21N3OS/c1-12-4-2-3-5-13(12)17(7-8-17)11-19-16(21)14-10-22-15(20-14)6-9-18/h2-5,10H,6-9,11,18H2,1H3,(H,19,21). The summed E-state index contributed by atoms with van der Waals surface area (Å²) in [7, 11) is 0. The minimum absolute atomic E-state index is 0.0839. The summed E-state index contributed by atoms with van der Waals surface area (Å²) in [6, 6.07) is 8.44. The second-order valence-corrected chi connectivity index (χ2v) is 6.89. The van der Waals surface area contributed by atoms with Gasteiger partial charge in [-0.05, 0) is 37.4 Å². The molecule has 1 aromatic carbocycles. The normalized spacial score (nSPS) is 15.5. The van der Waals surface area contributed by atoms with E-state index in [0.29, 0.717) is 18.8 Å². The zero-order valence-corrected chi connectivity index (χ0v) is 13.6. The van der Waals surface area contributed by atoms with Gasteiger partial charge in [0.05, 0.1) is 5.01 Å². The number of rotatable bonds is 6. The van der Waals surface area contributed by atoms with E-state index in [1.165, 1.54) is 22.5 Å². The van der Waals surface area contributed by atoms with Crippen molar-refractivity contribution in [3.05, 3.63) is 51.5 Å². The predicted molar refractivity (Wildman–Crippen MR) is 89.3 cm³/mol. The number of hydrogen-bond acceptors (Lipinski definition) is 4. The van der Waals surface area contributed by atoms with Crippen LogP contribution in [-0.4, -0.2) is 24.0 Å². The summed E-state index contributed by atoms with van der Waals surface area (Å²) in [6.07, 6.45) is 2.99. The molecule has 5 heteroatoms. The van der Waals surface area contributed by atoms with Crippen LogP contribution in [0, 0.1) is 6.92 Å². The lowest BCUT2D eigenvalue weighted by Crippen LogP contribution is -2.32. The zero-order valence-electron chi connectivity index (χ0n) is 12.8. The third-order valence-electron chi connectivity index (χ3n) is 4.30. The summed E-state index contributed by atoms with van der Waals surface area (Å²) in [4.78, 5) is 16.6. The molecule has 1 fully saturated rings. The summed E-state index contributed by atoms with van der Waals surface area (Å²) in [5, 5.41) is 5.79. The number of amides is 1. The maximum atomic E-state index is 12.3. The van der Waals surface area contributed by atoms with Crippen molar-refractivity contribution in [3.63, 3.8) is 0 Å². The first-order valence-corrected chi connectivity index (χ1v) is 8.51. The Bertz CT molecular complexity index is 676. The predicted octanol–water partition coefficient (Wildman–Crippen LogP) is 2.41. The van der Waals surface area contributed by atoms with Crippen molar-refractivity contribution < 1.29 is 4.79 Å². The number of carbonyl (C=O) groups excluding carboxylic acids is 1. The number of nitrogens with one attached hydrogen (secondary N) is 1. The topological polar surface area (TPSA) is 68.0 Å². The maximum Gasteiger partial charge on any atom is 0.270 e. The van der Waals surface area contributed by atoms with Crippen molar-refractivity contribution in [2.24, 2.45) is 5.73 Å². The van der Waals surface area contributed by atoms with E-state index in [-0.39, 0.29) is 11.3 Å². The van der Waals surface area contributed by atoms with Gasteiger partial charge in [-0.15, -0.1) is 11.3 Å². The lowest BCUT2D eigenvalue weighted by atomic mass is 9.92. The van der Waals surface area contributed by atoms with Crippen molar-refractivity contribution in [1.82, 2.24) is 10.3 Å². The quantitative estimate of drug-likeness (QED) is 0.860. The lowest BCUT2D eigenvalue weighted by Gasteiger charge is -2.18. The Morgan fingerprint density at radius 3 is 2.86 bits per heavy atom. The Hall–Kier alpha value is -1.72. The molecule has 22 heavy (non-hydrogen) atoms. The first kappa shape index (κ1) is 15.2. The van der Waals surface area contributed by atoms with Gasteiger partial charge in [0, 0.05) is 23.8 Å². The Kier molecular flexibility index (Phi) is 4.27. The SMILES string of the molecule is Cc1ccccc1C1(CNC(=O)c2csc(CCN)n2)CC1. The maximum absolute atomic E-state index is 12.3. The first-order valence-electron chi connectivity index (χ1n) is 7.63. The number of benzene rings is 1. The largest absolute Gasteiger partial charge is 0.350 e. The van der Waals surface area contributed by atoms with E-state index in [1.807, 2.05) is 5.38 Å². The lowest BCUT2D eigenvalue weighted by molar-refractivity contribution is 0.0945. The molecular weight excluding hydrogens is 294 g/mol. The summed E-state index contributed by atoms with van der Waals surface area (Å²) in [5.41, 5.74) is 8.80. The fraction of sp³-hybridized carbons (Fsp3) is 0.412. The molecule has 0 spiro atoms. The van der Waals surface area contributed by atoms with E-state index in [0.717, 1.165) is 24.3 Å². The van der Waals surface area contributed by atoms with Gasteiger partial charge in [0.2, 0.25) is 0 Å². The molecule has 1 saturated carbocycles. The third kappa shape index (κ3) is 3.05. The summed E-state index contributed by atoms with van der Waals surface area (Å²) < 4.78 is 0. The molecular formula is C17H21N3OS. The fourth-order valence-corrected chi connectivity index (χ4v) is 3.65. The van der Waals surface area contributed by atoms with Crippen molar-refractivity contribution in [2.45, 2.75) is 31.6 Å². The average molecular weight is 315 g/mol. The highest BCUT2D eigenvalue weighted by Crippen LogP contribution is 2.48. The van der Waals surface area contributed by atoms with E-state index in [2.05, 4.69) is 41.5 Å². The Morgan fingerprint density at radius 2 is 2.18 bits per heavy atom. The highest BCUT2D eigenvalue weighted by atomic mass is 32.1. The monoisotopic (exact) mass is 315 g/mol. The van der Waals surface area contributed by atoms with Gasteiger partial charge in [-0.2, -0.15) is 0 Å². The number of aromatic nitrogens is 1. The highest BCUT2D eigenvalue weighted by molar-refractivity contribution is 7.09. The van der Waals surface area contributed by atoms with Gasteiger partial charge in [0.1, 0.15) is 5.69 Å². The van der Waals surface area contributed by atoms with Gasteiger partial charge >= 0.3 is 0 Å². The van der Waals surface area contributed by atoms with Crippen LogP contribution in [0.2, 0.25) is 0 Å². The molecule has 1 aliphatic rings. The third-order valence-corrected chi connectivity index (χ3v) is 5.21. The second-order valence-electron chi connectivity index (χ2n) is 5.94. The molecule has 1 heterocycles. The molecule has 1 aromatic heterocycles. The average Bonchev–Trinajstić information content (AvgIpc) is 3.16. The van der Waals surface area contributed by atoms with E-state index in [9.17, 15) is 4.79 Å². The zero-order chi connectivity index (χ0) is 15.6. The Labute approximate surface area is 134 Å². The van der Waals surface area contributed by atoms with Gasteiger partial charge in [0.15, 0.2) is 0 Å². The van der Waals surface area contributed by atoms with Crippen LogP contribution in [0.15, 0.2) is 29.6 Å². The minimum atomic E-state index is -0.0839. The molecule has 116 valence electrons. The molecule has 3 N–H and O–H groups in total. The van der Waals surface area contributed by atoms with Crippen molar-refractivity contribution in [3.8, 4) is 0 Å². The number of hydrogen-bond donors (Lipinski definition) is 2. The number of carbonyl (C=O) groups is 1. The number of nitrogens with zero attached hydrogens (tertiary/aromatic N) is 1. The molecule has 1 aliphatic carbocycles. The molecule has 4 nitrogen and oxygen atoms in total. The second kappa shape index (κ2) is 6.18. The number of aryl methyl sites for hydroxylation is 1. The molecule has 0 unspecified atom stereocenters. The summed E-state index contributed by atoms with van der Waals surface area (Å²) in [6.45, 7) is 3.38. The summed E-state index contributed by atoms with van der Waals surface area (Å²) >= 11 is 1.50. The van der Waals surface area contributed by atoms with E-state index < -0.39 is 0 Å². The van der Waals surface area contributed by atoms with Crippen LogP contribution in [-0.2, 0) is 11.8 Å². The molecule has 0 bridgehead atoms. The Morgan fingerprint density at radius 1 is 1.41 bits per heavy atom. The molecule has 0 saturated heterocycles. The van der Waals surface area contributed by atoms with Crippen molar-refractivity contribution in [1.29, 1.82) is 0 Å². The fourth-order valence-electron chi connectivity index (χ4n) is 2.85. The molecule has 0 atom stereocenters. The number of thiazole rings is 1.